The minimum atomic E-state index is 0.0775. The van der Waals surface area contributed by atoms with Crippen LogP contribution in [0, 0.1) is 17.3 Å². The summed E-state index contributed by atoms with van der Waals surface area (Å²) in [4.78, 5) is 11.6. The fourth-order valence-corrected chi connectivity index (χ4v) is 3.38. The van der Waals surface area contributed by atoms with Crippen LogP contribution in [0.2, 0.25) is 0 Å². The first-order valence-electron chi connectivity index (χ1n) is 8.34. The quantitative estimate of drug-likeness (QED) is 0.904. The van der Waals surface area contributed by atoms with Crippen LogP contribution in [0.5, 0.6) is 0 Å². The van der Waals surface area contributed by atoms with Gasteiger partial charge in [-0.05, 0) is 55.9 Å². The molecular formula is C18H30N2O. The van der Waals surface area contributed by atoms with Gasteiger partial charge in [-0.3, -0.25) is 4.79 Å². The molecule has 0 saturated heterocycles. The molecule has 1 N–H and O–H groups in total. The van der Waals surface area contributed by atoms with Gasteiger partial charge in [0.1, 0.15) is 0 Å². The predicted octanol–water partition coefficient (Wildman–Crippen LogP) is 4.13. The summed E-state index contributed by atoms with van der Waals surface area (Å²) in [7, 11) is 0. The SMILES string of the molecule is CCn1cc(NCC2CCC(C(C)(C)C)CC2)ccc1=O. The van der Waals surface area contributed by atoms with Gasteiger partial charge in [-0.1, -0.05) is 20.8 Å². The molecule has 0 bridgehead atoms. The minimum Gasteiger partial charge on any atom is -0.384 e. The van der Waals surface area contributed by atoms with Gasteiger partial charge in [-0.15, -0.1) is 0 Å². The molecule has 3 heteroatoms. The van der Waals surface area contributed by atoms with Gasteiger partial charge in [0.05, 0.1) is 5.69 Å². The van der Waals surface area contributed by atoms with E-state index < -0.39 is 0 Å². The summed E-state index contributed by atoms with van der Waals surface area (Å²) in [5.74, 6) is 1.64. The summed E-state index contributed by atoms with van der Waals surface area (Å²) < 4.78 is 1.75. The van der Waals surface area contributed by atoms with E-state index in [0.29, 0.717) is 5.41 Å². The lowest BCUT2D eigenvalue weighted by Crippen LogP contribution is -2.28. The number of hydrogen-bond donors (Lipinski definition) is 1. The number of pyridine rings is 1. The average Bonchev–Trinajstić information content (AvgIpc) is 2.46. The number of aryl methyl sites for hydroxylation is 1. The number of nitrogens with one attached hydrogen (secondary N) is 1. The molecule has 0 spiro atoms. The summed E-state index contributed by atoms with van der Waals surface area (Å²) in [5, 5.41) is 3.51. The third kappa shape index (κ3) is 4.36. The number of hydrogen-bond acceptors (Lipinski definition) is 2. The Hall–Kier alpha value is -1.25. The van der Waals surface area contributed by atoms with Gasteiger partial charge in [0.25, 0.3) is 5.56 Å². The molecule has 1 heterocycles. The van der Waals surface area contributed by atoms with Gasteiger partial charge < -0.3 is 9.88 Å². The van der Waals surface area contributed by atoms with Gasteiger partial charge in [0, 0.05) is 25.4 Å². The van der Waals surface area contributed by atoms with E-state index in [1.165, 1.54) is 25.7 Å². The molecule has 1 aliphatic rings. The summed E-state index contributed by atoms with van der Waals surface area (Å²) in [5.41, 5.74) is 1.60. The van der Waals surface area contributed by atoms with E-state index in [1.54, 1.807) is 10.6 Å². The zero-order chi connectivity index (χ0) is 15.5. The summed E-state index contributed by atoms with van der Waals surface area (Å²) in [6, 6.07) is 3.55. The van der Waals surface area contributed by atoms with E-state index in [0.717, 1.165) is 30.6 Å². The second kappa shape index (κ2) is 6.67. The molecular weight excluding hydrogens is 260 g/mol. The van der Waals surface area contributed by atoms with E-state index in [-0.39, 0.29) is 5.56 Å². The first-order valence-corrected chi connectivity index (χ1v) is 8.34. The van der Waals surface area contributed by atoms with Gasteiger partial charge in [-0.25, -0.2) is 0 Å². The van der Waals surface area contributed by atoms with Crippen LogP contribution < -0.4 is 10.9 Å². The van der Waals surface area contributed by atoms with Gasteiger partial charge in [-0.2, -0.15) is 0 Å². The molecule has 0 aromatic carbocycles. The van der Waals surface area contributed by atoms with Gasteiger partial charge in [0.15, 0.2) is 0 Å². The second-order valence-electron chi connectivity index (χ2n) is 7.51. The highest BCUT2D eigenvalue weighted by Crippen LogP contribution is 2.39. The topological polar surface area (TPSA) is 34.0 Å². The third-order valence-electron chi connectivity index (χ3n) is 4.99. The Kier molecular flexibility index (Phi) is 5.13. The maximum Gasteiger partial charge on any atom is 0.250 e. The van der Waals surface area contributed by atoms with Crippen LogP contribution in [0.15, 0.2) is 23.1 Å². The van der Waals surface area contributed by atoms with Crippen LogP contribution in [-0.4, -0.2) is 11.1 Å². The molecule has 0 radical (unpaired) electrons. The maximum atomic E-state index is 11.6. The van der Waals surface area contributed by atoms with E-state index in [2.05, 4.69) is 26.1 Å². The minimum absolute atomic E-state index is 0.0775. The van der Waals surface area contributed by atoms with Crippen molar-refractivity contribution < 1.29 is 0 Å². The first-order chi connectivity index (χ1) is 9.90. The zero-order valence-electron chi connectivity index (χ0n) is 14.0. The Morgan fingerprint density at radius 1 is 1.19 bits per heavy atom. The Labute approximate surface area is 128 Å². The van der Waals surface area contributed by atoms with Crippen molar-refractivity contribution in [2.24, 2.45) is 17.3 Å². The molecule has 0 atom stereocenters. The van der Waals surface area contributed by atoms with Crippen molar-refractivity contribution in [3.63, 3.8) is 0 Å². The number of rotatable bonds is 4. The Bertz CT molecular complexity index is 505. The molecule has 0 amide bonds. The monoisotopic (exact) mass is 290 g/mol. The second-order valence-corrected chi connectivity index (χ2v) is 7.51. The van der Waals surface area contributed by atoms with Crippen molar-refractivity contribution >= 4 is 5.69 Å². The molecule has 2 rings (SSSR count). The van der Waals surface area contributed by atoms with Crippen LogP contribution >= 0.6 is 0 Å². The van der Waals surface area contributed by atoms with E-state index in [9.17, 15) is 4.79 Å². The largest absolute Gasteiger partial charge is 0.384 e. The number of nitrogens with zero attached hydrogens (tertiary/aromatic N) is 1. The van der Waals surface area contributed by atoms with Crippen molar-refractivity contribution in [3.05, 3.63) is 28.7 Å². The molecule has 0 unspecified atom stereocenters. The maximum absolute atomic E-state index is 11.6. The van der Waals surface area contributed by atoms with Gasteiger partial charge in [0.2, 0.25) is 0 Å². The lowest BCUT2D eigenvalue weighted by Gasteiger charge is -2.37. The van der Waals surface area contributed by atoms with Crippen LogP contribution in [0.25, 0.3) is 0 Å². The smallest absolute Gasteiger partial charge is 0.250 e. The van der Waals surface area contributed by atoms with Crippen LogP contribution in [0.4, 0.5) is 5.69 Å². The number of anilines is 1. The fourth-order valence-electron chi connectivity index (χ4n) is 3.38. The molecule has 1 aliphatic carbocycles. The molecule has 1 fully saturated rings. The molecule has 118 valence electrons. The van der Waals surface area contributed by atoms with E-state index in [1.807, 2.05) is 19.2 Å². The summed E-state index contributed by atoms with van der Waals surface area (Å²) in [6.45, 7) is 10.8. The van der Waals surface area contributed by atoms with Crippen LogP contribution in [0.3, 0.4) is 0 Å². The lowest BCUT2D eigenvalue weighted by molar-refractivity contribution is 0.153. The van der Waals surface area contributed by atoms with Gasteiger partial charge >= 0.3 is 0 Å². The third-order valence-corrected chi connectivity index (χ3v) is 4.99. The zero-order valence-corrected chi connectivity index (χ0v) is 14.0. The van der Waals surface area contributed by atoms with Crippen LogP contribution in [0.1, 0.15) is 53.4 Å². The first kappa shape index (κ1) is 16.1. The normalized spacial score (nSPS) is 23.0. The molecule has 1 saturated carbocycles. The highest BCUT2D eigenvalue weighted by atomic mass is 16.1. The van der Waals surface area contributed by atoms with Crippen LogP contribution in [-0.2, 0) is 6.54 Å². The Morgan fingerprint density at radius 2 is 1.86 bits per heavy atom. The highest BCUT2D eigenvalue weighted by molar-refractivity contribution is 5.40. The average molecular weight is 290 g/mol. The standard InChI is InChI=1S/C18H30N2O/c1-5-20-13-16(10-11-17(20)21)19-12-14-6-8-15(9-7-14)18(2,3)4/h10-11,13-15,19H,5-9,12H2,1-4H3. The van der Waals surface area contributed by atoms with Crippen molar-refractivity contribution in [1.29, 1.82) is 0 Å². The Morgan fingerprint density at radius 3 is 2.43 bits per heavy atom. The van der Waals surface area contributed by atoms with E-state index >= 15 is 0 Å². The molecule has 21 heavy (non-hydrogen) atoms. The predicted molar refractivity (Wildman–Crippen MR) is 89.8 cm³/mol. The molecule has 0 aliphatic heterocycles. The number of aromatic nitrogens is 1. The Balaban J connectivity index is 1.84. The highest BCUT2D eigenvalue weighted by Gasteiger charge is 2.29. The molecule has 3 nitrogen and oxygen atoms in total. The van der Waals surface area contributed by atoms with Crippen molar-refractivity contribution in [2.75, 3.05) is 11.9 Å². The van der Waals surface area contributed by atoms with Crippen molar-refractivity contribution in [2.45, 2.75) is 59.9 Å². The van der Waals surface area contributed by atoms with Crippen molar-refractivity contribution in [1.82, 2.24) is 4.57 Å². The lowest BCUT2D eigenvalue weighted by atomic mass is 9.70. The fraction of sp³-hybridized carbons (Fsp3) is 0.722. The molecule has 1 aromatic heterocycles. The summed E-state index contributed by atoms with van der Waals surface area (Å²) >= 11 is 0. The van der Waals surface area contributed by atoms with Crippen molar-refractivity contribution in [3.8, 4) is 0 Å². The summed E-state index contributed by atoms with van der Waals surface area (Å²) in [6.07, 6.45) is 7.28. The molecule has 1 aromatic rings. The van der Waals surface area contributed by atoms with E-state index in [4.69, 9.17) is 0 Å².